The summed E-state index contributed by atoms with van der Waals surface area (Å²) in [5.74, 6) is 1.05. The first kappa shape index (κ1) is 17.5. The number of benzene rings is 2. The molecule has 1 amide bonds. The molecule has 0 aliphatic carbocycles. The van der Waals surface area contributed by atoms with Gasteiger partial charge in [0.1, 0.15) is 12.4 Å². The molecule has 25 heavy (non-hydrogen) atoms. The maximum atomic E-state index is 12.7. The predicted octanol–water partition coefficient (Wildman–Crippen LogP) is 3.14. The molecule has 2 aromatic rings. The van der Waals surface area contributed by atoms with Crippen LogP contribution in [0.1, 0.15) is 21.5 Å². The Hall–Kier alpha value is -2.33. The lowest BCUT2D eigenvalue weighted by Crippen LogP contribution is -2.49. The number of para-hydroxylation sites is 1. The normalized spacial score (nSPS) is 15.2. The molecule has 0 N–H and O–H groups in total. The summed E-state index contributed by atoms with van der Waals surface area (Å²) in [6.07, 6.45) is 0. The van der Waals surface area contributed by atoms with E-state index in [1.165, 1.54) is 11.1 Å². The van der Waals surface area contributed by atoms with Gasteiger partial charge in [-0.1, -0.05) is 24.3 Å². The van der Waals surface area contributed by atoms with Crippen molar-refractivity contribution in [2.24, 2.45) is 0 Å². The highest BCUT2D eigenvalue weighted by Crippen LogP contribution is 2.14. The SMILES string of the molecule is Cc1ccc(C(=O)N2CCN(CCOc3ccccc3)CC2)cc1C. The van der Waals surface area contributed by atoms with Gasteiger partial charge in [0.25, 0.3) is 5.91 Å². The van der Waals surface area contributed by atoms with Gasteiger partial charge < -0.3 is 9.64 Å². The van der Waals surface area contributed by atoms with Crippen LogP contribution >= 0.6 is 0 Å². The van der Waals surface area contributed by atoms with Crippen molar-refractivity contribution in [3.63, 3.8) is 0 Å². The van der Waals surface area contributed by atoms with E-state index >= 15 is 0 Å². The van der Waals surface area contributed by atoms with Crippen molar-refractivity contribution < 1.29 is 9.53 Å². The molecular weight excluding hydrogens is 312 g/mol. The number of carbonyl (C=O) groups excluding carboxylic acids is 1. The molecule has 0 unspecified atom stereocenters. The second kappa shape index (κ2) is 8.17. The second-order valence-corrected chi connectivity index (χ2v) is 6.59. The first-order valence-electron chi connectivity index (χ1n) is 8.90. The molecule has 0 saturated carbocycles. The van der Waals surface area contributed by atoms with Gasteiger partial charge in [0.15, 0.2) is 0 Å². The number of aryl methyl sites for hydroxylation is 2. The van der Waals surface area contributed by atoms with Crippen LogP contribution in [-0.2, 0) is 0 Å². The molecule has 132 valence electrons. The number of ether oxygens (including phenoxy) is 1. The van der Waals surface area contributed by atoms with Gasteiger partial charge in [0.05, 0.1) is 0 Å². The van der Waals surface area contributed by atoms with Gasteiger partial charge in [-0.05, 0) is 49.2 Å². The zero-order chi connectivity index (χ0) is 17.6. The molecule has 3 rings (SSSR count). The fourth-order valence-corrected chi connectivity index (χ4v) is 3.04. The van der Waals surface area contributed by atoms with Gasteiger partial charge >= 0.3 is 0 Å². The van der Waals surface area contributed by atoms with Crippen LogP contribution in [0.5, 0.6) is 5.75 Å². The summed E-state index contributed by atoms with van der Waals surface area (Å²) >= 11 is 0. The quantitative estimate of drug-likeness (QED) is 0.840. The van der Waals surface area contributed by atoms with Gasteiger partial charge in [-0.15, -0.1) is 0 Å². The van der Waals surface area contributed by atoms with E-state index in [9.17, 15) is 4.79 Å². The zero-order valence-corrected chi connectivity index (χ0v) is 15.1. The Balaban J connectivity index is 1.45. The van der Waals surface area contributed by atoms with Gasteiger partial charge in [-0.2, -0.15) is 0 Å². The largest absolute Gasteiger partial charge is 0.492 e. The molecule has 2 aromatic carbocycles. The van der Waals surface area contributed by atoms with Crippen molar-refractivity contribution in [1.82, 2.24) is 9.80 Å². The average Bonchev–Trinajstić information content (AvgIpc) is 2.65. The summed E-state index contributed by atoms with van der Waals surface area (Å²) in [5, 5.41) is 0. The maximum Gasteiger partial charge on any atom is 0.253 e. The average molecular weight is 338 g/mol. The van der Waals surface area contributed by atoms with E-state index < -0.39 is 0 Å². The highest BCUT2D eigenvalue weighted by Gasteiger charge is 2.22. The first-order valence-corrected chi connectivity index (χ1v) is 8.90. The smallest absolute Gasteiger partial charge is 0.253 e. The monoisotopic (exact) mass is 338 g/mol. The molecule has 0 aromatic heterocycles. The molecule has 0 spiro atoms. The van der Waals surface area contributed by atoms with Crippen molar-refractivity contribution in [2.45, 2.75) is 13.8 Å². The fraction of sp³-hybridized carbons (Fsp3) is 0.381. The topological polar surface area (TPSA) is 32.8 Å². The predicted molar refractivity (Wildman–Crippen MR) is 100 cm³/mol. The summed E-state index contributed by atoms with van der Waals surface area (Å²) in [6, 6.07) is 15.8. The van der Waals surface area contributed by atoms with Crippen molar-refractivity contribution in [3.05, 3.63) is 65.2 Å². The van der Waals surface area contributed by atoms with Crippen LogP contribution in [0, 0.1) is 13.8 Å². The minimum Gasteiger partial charge on any atom is -0.492 e. The standard InChI is InChI=1S/C21H26N2O2/c1-17-8-9-19(16-18(17)2)21(24)23-12-10-22(11-13-23)14-15-25-20-6-4-3-5-7-20/h3-9,16H,10-15H2,1-2H3. The molecule has 4 heteroatoms. The Morgan fingerprint density at radius 1 is 0.960 bits per heavy atom. The number of piperazine rings is 1. The number of nitrogens with zero attached hydrogens (tertiary/aromatic N) is 2. The highest BCUT2D eigenvalue weighted by atomic mass is 16.5. The molecule has 0 atom stereocenters. The third kappa shape index (κ3) is 4.60. The zero-order valence-electron chi connectivity index (χ0n) is 15.1. The van der Waals surface area contributed by atoms with Gasteiger partial charge in [-0.3, -0.25) is 9.69 Å². The second-order valence-electron chi connectivity index (χ2n) is 6.59. The van der Waals surface area contributed by atoms with Crippen molar-refractivity contribution >= 4 is 5.91 Å². The summed E-state index contributed by atoms with van der Waals surface area (Å²) < 4.78 is 5.75. The molecule has 1 aliphatic rings. The Morgan fingerprint density at radius 2 is 1.68 bits per heavy atom. The Labute approximate surface area is 150 Å². The number of hydrogen-bond donors (Lipinski definition) is 0. The summed E-state index contributed by atoms with van der Waals surface area (Å²) in [7, 11) is 0. The van der Waals surface area contributed by atoms with Gasteiger partial charge in [0, 0.05) is 38.3 Å². The number of amides is 1. The van der Waals surface area contributed by atoms with E-state index in [-0.39, 0.29) is 5.91 Å². The number of hydrogen-bond acceptors (Lipinski definition) is 3. The molecule has 1 aliphatic heterocycles. The third-order valence-electron chi connectivity index (χ3n) is 4.83. The fourth-order valence-electron chi connectivity index (χ4n) is 3.04. The molecule has 0 bridgehead atoms. The van der Waals surface area contributed by atoms with E-state index in [0.717, 1.165) is 44.0 Å². The highest BCUT2D eigenvalue weighted by molar-refractivity contribution is 5.94. The lowest BCUT2D eigenvalue weighted by molar-refractivity contribution is 0.0620. The third-order valence-corrected chi connectivity index (χ3v) is 4.83. The Bertz CT molecular complexity index is 707. The number of carbonyl (C=O) groups is 1. The molecule has 1 saturated heterocycles. The van der Waals surface area contributed by atoms with Crippen molar-refractivity contribution in [2.75, 3.05) is 39.3 Å². The molecule has 1 heterocycles. The lowest BCUT2D eigenvalue weighted by atomic mass is 10.1. The van der Waals surface area contributed by atoms with Crippen LogP contribution in [0.15, 0.2) is 48.5 Å². The molecule has 4 nitrogen and oxygen atoms in total. The maximum absolute atomic E-state index is 12.7. The van der Waals surface area contributed by atoms with Crippen LogP contribution < -0.4 is 4.74 Å². The number of rotatable bonds is 5. The van der Waals surface area contributed by atoms with Crippen LogP contribution in [0.3, 0.4) is 0 Å². The van der Waals surface area contributed by atoms with Crippen molar-refractivity contribution in [3.8, 4) is 5.75 Å². The Morgan fingerprint density at radius 3 is 2.36 bits per heavy atom. The van der Waals surface area contributed by atoms with E-state index in [0.29, 0.717) is 6.61 Å². The summed E-state index contributed by atoms with van der Waals surface area (Å²) in [6.45, 7) is 9.03. The summed E-state index contributed by atoms with van der Waals surface area (Å²) in [4.78, 5) is 17.0. The first-order chi connectivity index (χ1) is 12.1. The van der Waals surface area contributed by atoms with Crippen molar-refractivity contribution in [1.29, 1.82) is 0 Å². The van der Waals surface area contributed by atoms with Gasteiger partial charge in [-0.25, -0.2) is 0 Å². The molecule has 0 radical (unpaired) electrons. The van der Waals surface area contributed by atoms with Crippen LogP contribution in [0.2, 0.25) is 0 Å². The van der Waals surface area contributed by atoms with E-state index in [2.05, 4.69) is 18.7 Å². The Kier molecular flexibility index (Phi) is 5.71. The molecular formula is C21H26N2O2. The minimum absolute atomic E-state index is 0.142. The molecule has 1 fully saturated rings. The van der Waals surface area contributed by atoms with Crippen LogP contribution in [0.25, 0.3) is 0 Å². The lowest BCUT2D eigenvalue weighted by Gasteiger charge is -2.34. The van der Waals surface area contributed by atoms with E-state index in [1.807, 2.05) is 53.4 Å². The van der Waals surface area contributed by atoms with Crippen LogP contribution in [-0.4, -0.2) is 55.0 Å². The van der Waals surface area contributed by atoms with Crippen LogP contribution in [0.4, 0.5) is 0 Å². The summed E-state index contributed by atoms with van der Waals surface area (Å²) in [5.41, 5.74) is 3.19. The van der Waals surface area contributed by atoms with Gasteiger partial charge in [0.2, 0.25) is 0 Å². The van der Waals surface area contributed by atoms with E-state index in [4.69, 9.17) is 4.74 Å². The minimum atomic E-state index is 0.142. The van der Waals surface area contributed by atoms with E-state index in [1.54, 1.807) is 0 Å².